The number of halogens is 3. The zero-order valence-electron chi connectivity index (χ0n) is 8.67. The van der Waals surface area contributed by atoms with Crippen LogP contribution >= 0.6 is 0 Å². The van der Waals surface area contributed by atoms with Gasteiger partial charge in [-0.15, -0.1) is 0 Å². The summed E-state index contributed by atoms with van der Waals surface area (Å²) in [6.07, 6.45) is -4.10. The van der Waals surface area contributed by atoms with Crippen molar-refractivity contribution in [3.63, 3.8) is 0 Å². The predicted molar refractivity (Wildman–Crippen MR) is 51.4 cm³/mol. The van der Waals surface area contributed by atoms with Crippen LogP contribution in [0.15, 0.2) is 18.2 Å². The van der Waals surface area contributed by atoms with Gasteiger partial charge >= 0.3 is 6.18 Å². The molecule has 0 N–H and O–H groups in total. The van der Waals surface area contributed by atoms with Crippen molar-refractivity contribution < 1.29 is 22.6 Å². The minimum absolute atomic E-state index is 0.0607. The molecular weight excluding hydrogens is 221 g/mol. The summed E-state index contributed by atoms with van der Waals surface area (Å²) in [5.74, 6) is 0.216. The zero-order chi connectivity index (χ0) is 11.8. The van der Waals surface area contributed by atoms with Crippen LogP contribution in [0.2, 0.25) is 0 Å². The number of benzene rings is 1. The fourth-order valence-corrected chi connectivity index (χ4v) is 1.56. The van der Waals surface area contributed by atoms with E-state index in [9.17, 15) is 13.2 Å². The third-order valence-corrected chi connectivity index (χ3v) is 2.47. The summed E-state index contributed by atoms with van der Waals surface area (Å²) in [5, 5.41) is 0. The van der Waals surface area contributed by atoms with Crippen LogP contribution in [0.3, 0.4) is 0 Å². The largest absolute Gasteiger partial charge is 0.497 e. The van der Waals surface area contributed by atoms with E-state index < -0.39 is 11.7 Å². The Morgan fingerprint density at radius 2 is 2.12 bits per heavy atom. The molecule has 0 bridgehead atoms. The minimum atomic E-state index is -4.35. The molecule has 0 amide bonds. The smallest absolute Gasteiger partial charge is 0.416 e. The molecule has 0 saturated carbocycles. The molecule has 16 heavy (non-hydrogen) atoms. The molecule has 0 spiro atoms. The Hall–Kier alpha value is -1.23. The first-order valence-corrected chi connectivity index (χ1v) is 4.86. The third-order valence-electron chi connectivity index (χ3n) is 2.47. The molecular formula is C11H11F3O2. The molecule has 1 aliphatic heterocycles. The average molecular weight is 232 g/mol. The van der Waals surface area contributed by atoms with Gasteiger partial charge in [0.1, 0.15) is 5.75 Å². The van der Waals surface area contributed by atoms with Crippen LogP contribution in [-0.2, 0) is 17.3 Å². The highest BCUT2D eigenvalue weighted by atomic mass is 19.4. The Bertz CT molecular complexity index is 383. The summed E-state index contributed by atoms with van der Waals surface area (Å²) < 4.78 is 47.9. The maximum Gasteiger partial charge on any atom is 0.416 e. The molecule has 1 aromatic carbocycles. The third kappa shape index (κ3) is 2.47. The normalized spacial score (nSPS) is 19.6. The maximum absolute atomic E-state index is 12.7. The first kappa shape index (κ1) is 11.3. The van der Waals surface area contributed by atoms with Crippen molar-refractivity contribution in [3.8, 4) is 5.75 Å². The molecule has 2 nitrogen and oxygen atoms in total. The molecule has 1 fully saturated rings. The molecule has 1 atom stereocenters. The van der Waals surface area contributed by atoms with Gasteiger partial charge in [-0.2, -0.15) is 13.2 Å². The van der Waals surface area contributed by atoms with E-state index in [0.29, 0.717) is 13.0 Å². The lowest BCUT2D eigenvalue weighted by Gasteiger charge is -2.13. The van der Waals surface area contributed by atoms with Gasteiger partial charge in [0.05, 0.1) is 25.4 Å². The van der Waals surface area contributed by atoms with Crippen LogP contribution in [0.4, 0.5) is 13.2 Å². The van der Waals surface area contributed by atoms with Crippen molar-refractivity contribution in [3.05, 3.63) is 29.3 Å². The molecule has 1 aliphatic rings. The van der Waals surface area contributed by atoms with Gasteiger partial charge in [-0.1, -0.05) is 6.07 Å². The minimum Gasteiger partial charge on any atom is -0.497 e. The highest BCUT2D eigenvalue weighted by Gasteiger charge is 2.35. The van der Waals surface area contributed by atoms with E-state index in [-0.39, 0.29) is 17.4 Å². The van der Waals surface area contributed by atoms with Crippen molar-refractivity contribution >= 4 is 0 Å². The molecule has 0 aromatic heterocycles. The predicted octanol–water partition coefficient (Wildman–Crippen LogP) is 2.66. The Kier molecular flexibility index (Phi) is 2.80. The molecule has 1 aromatic rings. The molecule has 1 saturated heterocycles. The van der Waals surface area contributed by atoms with Gasteiger partial charge < -0.3 is 9.47 Å². The lowest BCUT2D eigenvalue weighted by atomic mass is 10.0. The van der Waals surface area contributed by atoms with E-state index in [4.69, 9.17) is 9.47 Å². The Labute approximate surface area is 91.0 Å². The summed E-state index contributed by atoms with van der Waals surface area (Å²) in [6.45, 7) is 0.545. The van der Waals surface area contributed by atoms with Gasteiger partial charge in [0, 0.05) is 6.42 Å². The number of alkyl halides is 3. The van der Waals surface area contributed by atoms with Gasteiger partial charge in [-0.05, 0) is 17.7 Å². The Morgan fingerprint density at radius 1 is 1.44 bits per heavy atom. The molecule has 88 valence electrons. The lowest BCUT2D eigenvalue weighted by Crippen LogP contribution is -2.11. The number of ether oxygens (including phenoxy) is 2. The number of rotatable bonds is 3. The fourth-order valence-electron chi connectivity index (χ4n) is 1.56. The van der Waals surface area contributed by atoms with Crippen LogP contribution < -0.4 is 4.74 Å². The molecule has 0 aliphatic carbocycles. The summed E-state index contributed by atoms with van der Waals surface area (Å²) in [4.78, 5) is 0. The van der Waals surface area contributed by atoms with Gasteiger partial charge in [0.25, 0.3) is 0 Å². The highest BCUT2D eigenvalue weighted by molar-refractivity contribution is 5.38. The number of epoxide rings is 1. The number of hydrogen-bond donors (Lipinski definition) is 0. The van der Waals surface area contributed by atoms with Crippen molar-refractivity contribution in [2.75, 3.05) is 13.7 Å². The molecule has 0 radical (unpaired) electrons. The van der Waals surface area contributed by atoms with E-state index in [1.165, 1.54) is 19.2 Å². The second-order valence-electron chi connectivity index (χ2n) is 3.68. The van der Waals surface area contributed by atoms with Crippen LogP contribution in [-0.4, -0.2) is 19.8 Å². The van der Waals surface area contributed by atoms with Gasteiger partial charge in [0.15, 0.2) is 0 Å². The Morgan fingerprint density at radius 3 is 2.62 bits per heavy atom. The SMILES string of the molecule is COc1ccc(CC2CO2)c(C(F)(F)F)c1. The summed E-state index contributed by atoms with van der Waals surface area (Å²) in [7, 11) is 1.35. The van der Waals surface area contributed by atoms with Crippen molar-refractivity contribution in [1.82, 2.24) is 0 Å². The molecule has 1 heterocycles. The van der Waals surface area contributed by atoms with E-state index in [1.54, 1.807) is 0 Å². The summed E-state index contributed by atoms with van der Waals surface area (Å²) >= 11 is 0. The summed E-state index contributed by atoms with van der Waals surface area (Å²) in [5.41, 5.74) is -0.377. The van der Waals surface area contributed by atoms with Crippen LogP contribution in [0.5, 0.6) is 5.75 Å². The second-order valence-corrected chi connectivity index (χ2v) is 3.68. The fraction of sp³-hybridized carbons (Fsp3) is 0.455. The molecule has 1 unspecified atom stereocenters. The van der Waals surface area contributed by atoms with Crippen LogP contribution in [0.25, 0.3) is 0 Å². The maximum atomic E-state index is 12.7. The monoisotopic (exact) mass is 232 g/mol. The van der Waals surface area contributed by atoms with Gasteiger partial charge in [-0.25, -0.2) is 0 Å². The van der Waals surface area contributed by atoms with E-state index in [0.717, 1.165) is 6.07 Å². The van der Waals surface area contributed by atoms with E-state index in [1.807, 2.05) is 0 Å². The Balaban J connectivity index is 2.33. The standard InChI is InChI=1S/C11H11F3O2/c1-15-8-3-2-7(4-9-6-16-9)10(5-8)11(12,13)14/h2-3,5,9H,4,6H2,1H3. The first-order valence-electron chi connectivity index (χ1n) is 4.86. The second kappa shape index (κ2) is 3.97. The number of methoxy groups -OCH3 is 1. The lowest BCUT2D eigenvalue weighted by molar-refractivity contribution is -0.138. The van der Waals surface area contributed by atoms with Gasteiger partial charge in [0.2, 0.25) is 0 Å². The quantitative estimate of drug-likeness (QED) is 0.747. The van der Waals surface area contributed by atoms with Crippen molar-refractivity contribution in [2.24, 2.45) is 0 Å². The molecule has 5 heteroatoms. The zero-order valence-corrected chi connectivity index (χ0v) is 8.67. The van der Waals surface area contributed by atoms with Crippen molar-refractivity contribution in [2.45, 2.75) is 18.7 Å². The van der Waals surface area contributed by atoms with E-state index in [2.05, 4.69) is 0 Å². The topological polar surface area (TPSA) is 21.8 Å². The van der Waals surface area contributed by atoms with Crippen LogP contribution in [0, 0.1) is 0 Å². The van der Waals surface area contributed by atoms with Crippen LogP contribution in [0.1, 0.15) is 11.1 Å². The van der Waals surface area contributed by atoms with Crippen molar-refractivity contribution in [1.29, 1.82) is 0 Å². The molecule has 2 rings (SSSR count). The first-order chi connectivity index (χ1) is 7.50. The van der Waals surface area contributed by atoms with E-state index >= 15 is 0 Å². The van der Waals surface area contributed by atoms with Gasteiger partial charge in [-0.3, -0.25) is 0 Å². The average Bonchev–Trinajstić information content (AvgIpc) is 3.01. The summed E-state index contributed by atoms with van der Waals surface area (Å²) in [6, 6.07) is 4.01. The number of hydrogen-bond acceptors (Lipinski definition) is 2. The highest BCUT2D eigenvalue weighted by Crippen LogP contribution is 2.35.